The van der Waals surface area contributed by atoms with Gasteiger partial charge in [-0.3, -0.25) is 19.5 Å². The van der Waals surface area contributed by atoms with Crippen LogP contribution in [0.2, 0.25) is 0 Å². The lowest BCUT2D eigenvalue weighted by molar-refractivity contribution is -0.138. The number of piperazine rings is 1. The first-order valence-corrected chi connectivity index (χ1v) is 18.0. The Morgan fingerprint density at radius 2 is 1.64 bits per heavy atom. The molecule has 1 aliphatic carbocycles. The van der Waals surface area contributed by atoms with Crippen LogP contribution in [0.3, 0.4) is 0 Å². The Balaban J connectivity index is 1.17. The average molecular weight is 684 g/mol. The van der Waals surface area contributed by atoms with Crippen LogP contribution in [-0.4, -0.2) is 104 Å². The molecule has 3 aliphatic heterocycles. The molecule has 9 nitrogen and oxygen atoms in total. The van der Waals surface area contributed by atoms with E-state index >= 15 is 0 Å². The van der Waals surface area contributed by atoms with Crippen molar-refractivity contribution in [2.75, 3.05) is 52.5 Å². The fourth-order valence-corrected chi connectivity index (χ4v) is 8.53. The lowest BCUT2D eigenvalue weighted by atomic mass is 9.79. The highest BCUT2D eigenvalue weighted by Crippen LogP contribution is 2.38. The number of rotatable bonds is 9. The number of nitrogens with one attached hydrogen (secondary N) is 1. The third-order valence-electron chi connectivity index (χ3n) is 10.3. The number of hydrogen-bond donors (Lipinski definition) is 1. The number of sulfonamides is 1. The molecule has 1 aromatic carbocycles. The van der Waals surface area contributed by atoms with Crippen molar-refractivity contribution in [3.63, 3.8) is 0 Å². The van der Waals surface area contributed by atoms with Gasteiger partial charge in [0.05, 0.1) is 0 Å². The minimum atomic E-state index is -4.15. The van der Waals surface area contributed by atoms with Gasteiger partial charge >= 0.3 is 6.18 Å². The van der Waals surface area contributed by atoms with Gasteiger partial charge in [0.15, 0.2) is 0 Å². The maximum atomic E-state index is 13.3. The highest BCUT2D eigenvalue weighted by molar-refractivity contribution is 7.92. The minimum Gasteiger partial charge on any atom is -0.336 e. The van der Waals surface area contributed by atoms with E-state index in [9.17, 15) is 35.6 Å². The number of benzene rings is 1. The SMILES string of the molecule is Cc1cc(C(=O)N2CCN(CCF)CC2)cc(C)c1/C=C/S(=O)(=O)N1CCC2(CC1)N=C(C1CCC(CCC(F)(F)F)CC1)NC2=O. The molecule has 14 heteroatoms. The van der Waals surface area contributed by atoms with Crippen LogP contribution in [0, 0.1) is 25.7 Å². The van der Waals surface area contributed by atoms with Gasteiger partial charge in [0.25, 0.3) is 11.8 Å². The molecule has 0 atom stereocenters. The molecule has 1 saturated carbocycles. The first kappa shape index (κ1) is 35.5. The van der Waals surface area contributed by atoms with Crippen molar-refractivity contribution in [1.29, 1.82) is 0 Å². The third kappa shape index (κ3) is 8.43. The van der Waals surface area contributed by atoms with Crippen molar-refractivity contribution in [2.45, 2.75) is 76.9 Å². The number of nitrogens with zero attached hydrogens (tertiary/aromatic N) is 4. The summed E-state index contributed by atoms with van der Waals surface area (Å²) >= 11 is 0. The van der Waals surface area contributed by atoms with Gasteiger partial charge in [0.1, 0.15) is 18.0 Å². The largest absolute Gasteiger partial charge is 0.389 e. The van der Waals surface area contributed by atoms with Crippen LogP contribution < -0.4 is 5.32 Å². The summed E-state index contributed by atoms with van der Waals surface area (Å²) in [5.41, 5.74) is 1.77. The van der Waals surface area contributed by atoms with Crippen LogP contribution in [-0.2, 0) is 14.8 Å². The molecule has 2 amide bonds. The number of halogens is 4. The first-order chi connectivity index (χ1) is 22.2. The second-order valence-electron chi connectivity index (χ2n) is 13.4. The second kappa shape index (κ2) is 14.3. The van der Waals surface area contributed by atoms with Gasteiger partial charge in [-0.05, 0) is 99.6 Å². The summed E-state index contributed by atoms with van der Waals surface area (Å²) in [5, 5.41) is 4.09. The molecule has 2 saturated heterocycles. The standard InChI is InChI=1S/C33H45F4N5O4S/c1-23-21-27(30(43)41-18-16-40(15-12-34)17-19-41)22-24(2)28(23)8-20-47(45,46)42-13-10-32(11-14-42)31(44)38-29(39-32)26-5-3-25(4-6-26)7-9-33(35,36)37/h8,20-22,25-26H,3-7,9-19H2,1-2H3,(H,38,39,44)/b20-8+. The Bertz CT molecular complexity index is 1470. The summed E-state index contributed by atoms with van der Waals surface area (Å²) in [4.78, 5) is 34.8. The Morgan fingerprint density at radius 3 is 2.21 bits per heavy atom. The van der Waals surface area contributed by atoms with Crippen LogP contribution in [0.25, 0.3) is 6.08 Å². The van der Waals surface area contributed by atoms with Crippen LogP contribution in [0.1, 0.15) is 78.4 Å². The average Bonchev–Trinajstić information content (AvgIpc) is 3.34. The van der Waals surface area contributed by atoms with E-state index in [1.165, 1.54) is 9.71 Å². The van der Waals surface area contributed by atoms with Crippen LogP contribution >= 0.6 is 0 Å². The molecule has 0 unspecified atom stereocenters. The third-order valence-corrected chi connectivity index (χ3v) is 11.9. The number of carbonyl (C=O) groups is 2. The quantitative estimate of drug-likeness (QED) is 0.376. The molecule has 260 valence electrons. The number of aliphatic imine (C=N–C) groups is 1. The normalized spacial score (nSPS) is 24.6. The summed E-state index contributed by atoms with van der Waals surface area (Å²) in [6.45, 7) is 6.19. The predicted octanol–water partition coefficient (Wildman–Crippen LogP) is 4.84. The van der Waals surface area contributed by atoms with Gasteiger partial charge in [-0.25, -0.2) is 12.8 Å². The van der Waals surface area contributed by atoms with E-state index in [-0.39, 0.29) is 56.0 Å². The molecular weight excluding hydrogens is 638 g/mol. The number of hydrogen-bond acceptors (Lipinski definition) is 6. The maximum absolute atomic E-state index is 13.3. The lowest BCUT2D eigenvalue weighted by Crippen LogP contribution is -2.50. The van der Waals surface area contributed by atoms with Gasteiger partial charge < -0.3 is 10.2 Å². The molecule has 5 rings (SSSR count). The van der Waals surface area contributed by atoms with E-state index in [2.05, 4.69) is 5.32 Å². The highest BCUT2D eigenvalue weighted by atomic mass is 32.2. The Labute approximate surface area is 274 Å². The van der Waals surface area contributed by atoms with Gasteiger partial charge in [0, 0.05) is 69.1 Å². The molecular formula is C33H45F4N5O4S. The molecule has 3 fully saturated rings. The Morgan fingerprint density at radius 1 is 1.02 bits per heavy atom. The molecule has 47 heavy (non-hydrogen) atoms. The summed E-state index contributed by atoms with van der Waals surface area (Å²) in [7, 11) is -3.80. The van der Waals surface area contributed by atoms with Crippen LogP contribution in [0.4, 0.5) is 17.6 Å². The maximum Gasteiger partial charge on any atom is 0.389 e. The zero-order chi connectivity index (χ0) is 34.0. The molecule has 0 radical (unpaired) electrons. The van der Waals surface area contributed by atoms with Crippen molar-refractivity contribution in [3.8, 4) is 0 Å². The summed E-state index contributed by atoms with van der Waals surface area (Å²) in [5.74, 6) is 0.275. The van der Waals surface area contributed by atoms with Crippen molar-refractivity contribution < 1.29 is 35.6 Å². The van der Waals surface area contributed by atoms with Gasteiger partial charge in [-0.2, -0.15) is 17.5 Å². The number of amidine groups is 1. The van der Waals surface area contributed by atoms with Crippen molar-refractivity contribution >= 4 is 33.7 Å². The number of piperidine rings is 1. The molecule has 0 bridgehead atoms. The topological polar surface area (TPSA) is 102 Å². The number of amides is 2. The van der Waals surface area contributed by atoms with Crippen LogP contribution in [0.15, 0.2) is 22.5 Å². The van der Waals surface area contributed by atoms with Gasteiger partial charge in [0.2, 0.25) is 10.0 Å². The van der Waals surface area contributed by atoms with E-state index in [4.69, 9.17) is 4.99 Å². The number of alkyl halides is 4. The Kier molecular flexibility index (Phi) is 10.8. The predicted molar refractivity (Wildman–Crippen MR) is 172 cm³/mol. The summed E-state index contributed by atoms with van der Waals surface area (Å²) in [6, 6.07) is 3.53. The zero-order valence-electron chi connectivity index (χ0n) is 27.1. The fraction of sp³-hybridized carbons (Fsp3) is 0.667. The fourth-order valence-electron chi connectivity index (χ4n) is 7.35. The van der Waals surface area contributed by atoms with E-state index in [1.807, 2.05) is 18.7 Å². The van der Waals surface area contributed by atoms with E-state index in [0.717, 1.165) is 11.1 Å². The van der Waals surface area contributed by atoms with Crippen molar-refractivity contribution in [3.05, 3.63) is 39.8 Å². The molecule has 3 heterocycles. The molecule has 1 aromatic rings. The second-order valence-corrected chi connectivity index (χ2v) is 15.3. The van der Waals surface area contributed by atoms with E-state index in [0.29, 0.717) is 75.4 Å². The van der Waals surface area contributed by atoms with Gasteiger partial charge in [-0.15, -0.1) is 0 Å². The summed E-state index contributed by atoms with van der Waals surface area (Å²) in [6.07, 6.45) is -0.0647. The van der Waals surface area contributed by atoms with Gasteiger partial charge in [-0.1, -0.05) is 0 Å². The van der Waals surface area contributed by atoms with Crippen LogP contribution in [0.5, 0.6) is 0 Å². The lowest BCUT2D eigenvalue weighted by Gasteiger charge is -2.34. The number of aryl methyl sites for hydroxylation is 2. The molecule has 1 N–H and O–H groups in total. The number of carbonyl (C=O) groups excluding carboxylic acids is 2. The smallest absolute Gasteiger partial charge is 0.336 e. The molecule has 4 aliphatic rings. The highest BCUT2D eigenvalue weighted by Gasteiger charge is 2.48. The Hall–Kier alpha value is -2.84. The van der Waals surface area contributed by atoms with Crippen molar-refractivity contribution in [1.82, 2.24) is 19.4 Å². The monoisotopic (exact) mass is 683 g/mol. The molecule has 1 spiro atoms. The van der Waals surface area contributed by atoms with E-state index < -0.39 is 34.8 Å². The summed E-state index contributed by atoms with van der Waals surface area (Å²) < 4.78 is 78.5. The molecule has 0 aromatic heterocycles. The van der Waals surface area contributed by atoms with E-state index in [1.54, 1.807) is 23.1 Å². The minimum absolute atomic E-state index is 0.00376. The van der Waals surface area contributed by atoms with Crippen molar-refractivity contribution in [2.24, 2.45) is 16.8 Å². The first-order valence-electron chi connectivity index (χ1n) is 16.5. The zero-order valence-corrected chi connectivity index (χ0v) is 27.9.